The van der Waals surface area contributed by atoms with Gasteiger partial charge in [0.15, 0.2) is 15.0 Å². The molecule has 3 aromatic rings. The van der Waals surface area contributed by atoms with Crippen molar-refractivity contribution >= 4 is 65.6 Å². The smallest absolute Gasteiger partial charge is 0.228 e. The van der Waals surface area contributed by atoms with Crippen LogP contribution in [0.2, 0.25) is 10.0 Å². The van der Waals surface area contributed by atoms with Crippen LogP contribution in [0.5, 0.6) is 5.75 Å². The van der Waals surface area contributed by atoms with E-state index in [1.807, 2.05) is 19.0 Å². The van der Waals surface area contributed by atoms with Crippen LogP contribution < -0.4 is 9.64 Å². The molecule has 0 aliphatic heterocycles. The van der Waals surface area contributed by atoms with E-state index in [9.17, 15) is 13.2 Å². The number of hydrogen-bond acceptors (Lipinski definition) is 7. The van der Waals surface area contributed by atoms with Crippen LogP contribution in [0.4, 0.5) is 5.13 Å². The zero-order chi connectivity index (χ0) is 24.2. The summed E-state index contributed by atoms with van der Waals surface area (Å²) in [5, 5.41) is 1.50. The number of methoxy groups -OCH3 is 1. The van der Waals surface area contributed by atoms with Gasteiger partial charge in [0.05, 0.1) is 27.5 Å². The van der Waals surface area contributed by atoms with Gasteiger partial charge >= 0.3 is 0 Å². The summed E-state index contributed by atoms with van der Waals surface area (Å²) in [5.74, 6) is 0.241. The standard InChI is InChI=1S/C22H25Cl2N3O4S2/c1-26(2)12-13-27(22-25-20-18(31-3)11-10-17(24)21(20)32-22)19(28)5-4-14-33(29,30)16-8-6-15(23)7-9-16/h6-11H,4-5,12-14H2,1-3H3. The number of sulfone groups is 1. The number of rotatable bonds is 10. The molecule has 0 saturated carbocycles. The van der Waals surface area contributed by atoms with Gasteiger partial charge in [-0.05, 0) is 56.9 Å². The maximum atomic E-state index is 13.1. The van der Waals surface area contributed by atoms with E-state index in [0.29, 0.717) is 39.5 Å². The van der Waals surface area contributed by atoms with Crippen molar-refractivity contribution in [2.24, 2.45) is 0 Å². The van der Waals surface area contributed by atoms with Crippen molar-refractivity contribution in [1.29, 1.82) is 0 Å². The molecule has 33 heavy (non-hydrogen) atoms. The van der Waals surface area contributed by atoms with E-state index in [4.69, 9.17) is 27.9 Å². The Labute approximate surface area is 207 Å². The van der Waals surface area contributed by atoms with Crippen LogP contribution in [-0.2, 0) is 14.6 Å². The number of benzene rings is 2. The van der Waals surface area contributed by atoms with E-state index >= 15 is 0 Å². The molecular weight excluding hydrogens is 505 g/mol. The summed E-state index contributed by atoms with van der Waals surface area (Å²) in [6, 6.07) is 9.49. The minimum Gasteiger partial charge on any atom is -0.494 e. The second kappa shape index (κ2) is 11.0. The molecule has 1 heterocycles. The van der Waals surface area contributed by atoms with E-state index in [1.165, 1.54) is 35.6 Å². The van der Waals surface area contributed by atoms with Gasteiger partial charge in [-0.1, -0.05) is 34.5 Å². The molecule has 11 heteroatoms. The fourth-order valence-corrected chi connectivity index (χ4v) is 5.89. The first-order chi connectivity index (χ1) is 15.6. The Morgan fingerprint density at radius 3 is 2.42 bits per heavy atom. The van der Waals surface area contributed by atoms with Crippen molar-refractivity contribution in [3.63, 3.8) is 0 Å². The van der Waals surface area contributed by atoms with E-state index in [-0.39, 0.29) is 29.4 Å². The van der Waals surface area contributed by atoms with Crippen molar-refractivity contribution in [3.8, 4) is 5.75 Å². The van der Waals surface area contributed by atoms with Crippen LogP contribution in [-0.4, -0.2) is 64.3 Å². The molecule has 7 nitrogen and oxygen atoms in total. The SMILES string of the molecule is COc1ccc(Cl)c2sc(N(CCN(C)C)C(=O)CCCS(=O)(=O)c3ccc(Cl)cc3)nc12. The predicted octanol–water partition coefficient (Wildman–Crippen LogP) is 4.76. The van der Waals surface area contributed by atoms with Gasteiger partial charge in [-0.25, -0.2) is 13.4 Å². The minimum absolute atomic E-state index is 0.0705. The first kappa shape index (κ1) is 25.7. The zero-order valence-corrected chi connectivity index (χ0v) is 21.7. The fourth-order valence-electron chi connectivity index (χ4n) is 3.16. The second-order valence-electron chi connectivity index (χ2n) is 7.65. The van der Waals surface area contributed by atoms with Crippen LogP contribution in [0.3, 0.4) is 0 Å². The van der Waals surface area contributed by atoms with Gasteiger partial charge in [0, 0.05) is 24.5 Å². The predicted molar refractivity (Wildman–Crippen MR) is 135 cm³/mol. The van der Waals surface area contributed by atoms with Gasteiger partial charge in [-0.3, -0.25) is 9.69 Å². The Morgan fingerprint density at radius 1 is 1.09 bits per heavy atom. The summed E-state index contributed by atoms with van der Waals surface area (Å²) < 4.78 is 31.3. The molecule has 0 aliphatic rings. The normalized spacial score (nSPS) is 11.8. The molecule has 1 aromatic heterocycles. The number of fused-ring (bicyclic) bond motifs is 1. The Morgan fingerprint density at radius 2 is 1.79 bits per heavy atom. The Balaban J connectivity index is 1.78. The maximum Gasteiger partial charge on any atom is 0.228 e. The topological polar surface area (TPSA) is 79.8 Å². The number of amides is 1. The number of likely N-dealkylation sites (N-methyl/N-ethyl adjacent to an activating group) is 1. The summed E-state index contributed by atoms with van der Waals surface area (Å²) >= 11 is 13.5. The van der Waals surface area contributed by atoms with Gasteiger partial charge in [-0.15, -0.1) is 0 Å². The van der Waals surface area contributed by atoms with E-state index in [1.54, 1.807) is 24.1 Å². The molecule has 0 saturated heterocycles. The first-order valence-electron chi connectivity index (χ1n) is 10.2. The number of ether oxygens (including phenoxy) is 1. The molecule has 3 rings (SSSR count). The average Bonchev–Trinajstić information content (AvgIpc) is 3.20. The van der Waals surface area contributed by atoms with Gasteiger partial charge < -0.3 is 9.64 Å². The molecule has 0 bridgehead atoms. The minimum atomic E-state index is -3.51. The second-order valence-corrected chi connectivity index (χ2v) is 11.6. The molecule has 178 valence electrons. The molecular formula is C22H25Cl2N3O4S2. The van der Waals surface area contributed by atoms with Crippen molar-refractivity contribution in [3.05, 3.63) is 46.4 Å². The highest BCUT2D eigenvalue weighted by molar-refractivity contribution is 7.91. The largest absolute Gasteiger partial charge is 0.494 e. The number of thiazole rings is 1. The van der Waals surface area contributed by atoms with E-state index in [2.05, 4.69) is 4.98 Å². The van der Waals surface area contributed by atoms with Crippen molar-refractivity contribution in [1.82, 2.24) is 9.88 Å². The third-order valence-corrected chi connectivity index (χ3v) is 8.55. The van der Waals surface area contributed by atoms with E-state index < -0.39 is 9.84 Å². The lowest BCUT2D eigenvalue weighted by Gasteiger charge is -2.22. The monoisotopic (exact) mass is 529 g/mol. The third-order valence-electron chi connectivity index (χ3n) is 4.95. The number of anilines is 1. The molecule has 0 radical (unpaired) electrons. The summed E-state index contributed by atoms with van der Waals surface area (Å²) in [4.78, 5) is 21.5. The van der Waals surface area contributed by atoms with Crippen molar-refractivity contribution < 1.29 is 17.9 Å². The van der Waals surface area contributed by atoms with E-state index in [0.717, 1.165) is 4.70 Å². The van der Waals surface area contributed by atoms with Crippen LogP contribution in [0, 0.1) is 0 Å². The number of hydrogen-bond donors (Lipinski definition) is 0. The molecule has 1 amide bonds. The highest BCUT2D eigenvalue weighted by atomic mass is 35.5. The highest BCUT2D eigenvalue weighted by Crippen LogP contribution is 2.38. The lowest BCUT2D eigenvalue weighted by molar-refractivity contribution is -0.118. The van der Waals surface area contributed by atoms with Crippen LogP contribution in [0.25, 0.3) is 10.2 Å². The Bertz CT molecular complexity index is 1230. The Hall–Kier alpha value is -1.91. The maximum absolute atomic E-state index is 13.1. The van der Waals surface area contributed by atoms with Crippen LogP contribution in [0.1, 0.15) is 12.8 Å². The number of aromatic nitrogens is 1. The highest BCUT2D eigenvalue weighted by Gasteiger charge is 2.23. The van der Waals surface area contributed by atoms with Crippen LogP contribution >= 0.6 is 34.5 Å². The zero-order valence-electron chi connectivity index (χ0n) is 18.5. The molecule has 0 unspecified atom stereocenters. The number of halogens is 2. The first-order valence-corrected chi connectivity index (χ1v) is 13.4. The quantitative estimate of drug-likeness (QED) is 0.376. The van der Waals surface area contributed by atoms with Gasteiger partial charge in [0.1, 0.15) is 11.3 Å². The van der Waals surface area contributed by atoms with Crippen molar-refractivity contribution in [2.75, 3.05) is 44.9 Å². The van der Waals surface area contributed by atoms with Gasteiger partial charge in [0.2, 0.25) is 5.91 Å². The van der Waals surface area contributed by atoms with Gasteiger partial charge in [0.25, 0.3) is 0 Å². The molecule has 0 aliphatic carbocycles. The Kier molecular flexibility index (Phi) is 8.58. The number of nitrogens with zero attached hydrogens (tertiary/aromatic N) is 3. The fraction of sp³-hybridized carbons (Fsp3) is 0.364. The third kappa shape index (κ3) is 6.36. The number of carbonyl (C=O) groups excluding carboxylic acids is 1. The molecule has 0 fully saturated rings. The molecule has 2 aromatic carbocycles. The molecule has 0 spiro atoms. The molecule has 0 atom stereocenters. The summed E-state index contributed by atoms with van der Waals surface area (Å²) in [6.07, 6.45) is 0.262. The summed E-state index contributed by atoms with van der Waals surface area (Å²) in [6.45, 7) is 1.03. The van der Waals surface area contributed by atoms with Crippen molar-refractivity contribution in [2.45, 2.75) is 17.7 Å². The molecule has 0 N–H and O–H groups in total. The van der Waals surface area contributed by atoms with Crippen LogP contribution in [0.15, 0.2) is 41.3 Å². The summed E-state index contributed by atoms with van der Waals surface area (Å²) in [7, 11) is 1.88. The lowest BCUT2D eigenvalue weighted by Crippen LogP contribution is -2.36. The summed E-state index contributed by atoms with van der Waals surface area (Å²) in [5.41, 5.74) is 0.595. The van der Waals surface area contributed by atoms with Gasteiger partial charge in [-0.2, -0.15) is 0 Å². The lowest BCUT2D eigenvalue weighted by atomic mass is 10.3. The average molecular weight is 530 g/mol. The number of carbonyl (C=O) groups is 1.